The first-order chi connectivity index (χ1) is 8.70. The fourth-order valence-electron chi connectivity index (χ4n) is 1.52. The van der Waals surface area contributed by atoms with Gasteiger partial charge in [-0.3, -0.25) is 0 Å². The summed E-state index contributed by atoms with van der Waals surface area (Å²) in [6.45, 7) is 0. The molecule has 0 heterocycles. The molecule has 0 amide bonds. The predicted molar refractivity (Wildman–Crippen MR) is 75.4 cm³/mol. The highest BCUT2D eigenvalue weighted by Gasteiger charge is 2.04. The Labute approximate surface area is 111 Å². The first-order valence-electron chi connectivity index (χ1n) is 5.41. The monoisotopic (exact) mass is 259 g/mol. The van der Waals surface area contributed by atoms with Crippen LogP contribution in [0.25, 0.3) is 0 Å². The molecule has 0 aliphatic heterocycles. The van der Waals surface area contributed by atoms with Crippen LogP contribution in [0.5, 0.6) is 17.2 Å². The third kappa shape index (κ3) is 2.78. The minimum Gasteiger partial charge on any atom is -0.493 e. The van der Waals surface area contributed by atoms with Gasteiger partial charge in [0, 0.05) is 5.56 Å². The number of hydrogen-bond donors (Lipinski definition) is 1. The Hall–Kier alpha value is -2.07. The van der Waals surface area contributed by atoms with Crippen molar-refractivity contribution >= 4 is 17.2 Å². The molecule has 0 saturated heterocycles. The van der Waals surface area contributed by atoms with Crippen LogP contribution in [-0.2, 0) is 0 Å². The molecule has 2 aromatic carbocycles. The van der Waals surface area contributed by atoms with Crippen molar-refractivity contribution in [3.05, 3.63) is 54.1 Å². The molecule has 18 heavy (non-hydrogen) atoms. The summed E-state index contributed by atoms with van der Waals surface area (Å²) in [5.41, 5.74) is 6.35. The molecular weight excluding hydrogens is 246 g/mol. The minimum atomic E-state index is 0.374. The van der Waals surface area contributed by atoms with Crippen LogP contribution in [0.3, 0.4) is 0 Å². The lowest BCUT2D eigenvalue weighted by Crippen LogP contribution is -2.08. The van der Waals surface area contributed by atoms with Crippen molar-refractivity contribution in [2.45, 2.75) is 0 Å². The second kappa shape index (κ2) is 5.51. The molecule has 4 heteroatoms. The Morgan fingerprint density at radius 1 is 1.00 bits per heavy atom. The number of ether oxygens (including phenoxy) is 2. The molecule has 0 radical (unpaired) electrons. The lowest BCUT2D eigenvalue weighted by atomic mass is 10.2. The van der Waals surface area contributed by atoms with E-state index in [0.29, 0.717) is 22.2 Å². The fourth-order valence-corrected chi connectivity index (χ4v) is 1.65. The molecule has 2 rings (SSSR count). The van der Waals surface area contributed by atoms with Gasteiger partial charge in [0.2, 0.25) is 0 Å². The first kappa shape index (κ1) is 12.4. The van der Waals surface area contributed by atoms with Crippen LogP contribution in [0.4, 0.5) is 0 Å². The number of nitrogens with two attached hydrogens (primary N) is 1. The lowest BCUT2D eigenvalue weighted by molar-refractivity contribution is 0.379. The van der Waals surface area contributed by atoms with Gasteiger partial charge in [0.25, 0.3) is 0 Å². The summed E-state index contributed by atoms with van der Waals surface area (Å²) >= 11 is 4.89. The number of methoxy groups -OCH3 is 1. The molecule has 3 nitrogen and oxygen atoms in total. The van der Waals surface area contributed by atoms with Gasteiger partial charge in [-0.25, -0.2) is 0 Å². The zero-order valence-electron chi connectivity index (χ0n) is 9.92. The van der Waals surface area contributed by atoms with Gasteiger partial charge in [0.1, 0.15) is 10.7 Å². The molecule has 0 bridgehead atoms. The summed E-state index contributed by atoms with van der Waals surface area (Å²) in [6.07, 6.45) is 0. The van der Waals surface area contributed by atoms with Gasteiger partial charge < -0.3 is 15.2 Å². The van der Waals surface area contributed by atoms with Crippen LogP contribution in [-0.4, -0.2) is 12.1 Å². The zero-order valence-corrected chi connectivity index (χ0v) is 10.7. The third-order valence-corrected chi connectivity index (χ3v) is 2.67. The molecule has 0 aromatic heterocycles. The molecule has 0 saturated carbocycles. The average molecular weight is 259 g/mol. The Morgan fingerprint density at radius 3 is 2.17 bits per heavy atom. The van der Waals surface area contributed by atoms with Gasteiger partial charge in [0.15, 0.2) is 11.5 Å². The van der Waals surface area contributed by atoms with Gasteiger partial charge >= 0.3 is 0 Å². The summed E-state index contributed by atoms with van der Waals surface area (Å²) in [7, 11) is 1.61. The highest BCUT2D eigenvalue weighted by molar-refractivity contribution is 7.80. The maximum Gasteiger partial charge on any atom is 0.169 e. The largest absolute Gasteiger partial charge is 0.493 e. The van der Waals surface area contributed by atoms with Gasteiger partial charge in [0.05, 0.1) is 7.11 Å². The number of benzene rings is 2. The Balaban J connectivity index is 2.21. The molecule has 0 fully saturated rings. The molecule has 2 N–H and O–H groups in total. The van der Waals surface area contributed by atoms with E-state index in [-0.39, 0.29) is 0 Å². The maximum atomic E-state index is 5.73. The first-order valence-corrected chi connectivity index (χ1v) is 5.82. The smallest absolute Gasteiger partial charge is 0.169 e. The molecular formula is C14H13NO2S. The van der Waals surface area contributed by atoms with Crippen LogP contribution >= 0.6 is 12.2 Å². The number of para-hydroxylation sites is 2. The van der Waals surface area contributed by atoms with E-state index >= 15 is 0 Å². The van der Waals surface area contributed by atoms with E-state index in [1.165, 1.54) is 0 Å². The van der Waals surface area contributed by atoms with Crippen molar-refractivity contribution in [1.82, 2.24) is 0 Å². The van der Waals surface area contributed by atoms with E-state index in [9.17, 15) is 0 Å². The van der Waals surface area contributed by atoms with E-state index < -0.39 is 0 Å². The van der Waals surface area contributed by atoms with E-state index in [4.69, 9.17) is 27.4 Å². The molecule has 0 atom stereocenters. The Morgan fingerprint density at radius 2 is 1.61 bits per heavy atom. The van der Waals surface area contributed by atoms with Gasteiger partial charge in [-0.1, -0.05) is 24.4 Å². The minimum absolute atomic E-state index is 0.374. The topological polar surface area (TPSA) is 44.5 Å². The lowest BCUT2D eigenvalue weighted by Gasteiger charge is -2.10. The van der Waals surface area contributed by atoms with Crippen molar-refractivity contribution in [3.8, 4) is 17.2 Å². The van der Waals surface area contributed by atoms with Gasteiger partial charge in [-0.15, -0.1) is 0 Å². The number of thiocarbonyl (C=S) groups is 1. The highest BCUT2D eigenvalue weighted by Crippen LogP contribution is 2.30. The maximum absolute atomic E-state index is 5.73. The SMILES string of the molecule is COc1ccccc1Oc1ccc(C(N)=S)cc1. The molecule has 0 aliphatic rings. The van der Waals surface area contributed by atoms with E-state index in [0.717, 1.165) is 5.56 Å². The summed E-state index contributed by atoms with van der Waals surface area (Å²) in [6, 6.07) is 14.8. The van der Waals surface area contributed by atoms with E-state index in [1.807, 2.05) is 48.5 Å². The predicted octanol–water partition coefficient (Wildman–Crippen LogP) is 3.12. The average Bonchev–Trinajstić information content (AvgIpc) is 2.40. The van der Waals surface area contributed by atoms with Crippen molar-refractivity contribution < 1.29 is 9.47 Å². The second-order valence-corrected chi connectivity index (χ2v) is 4.08. The van der Waals surface area contributed by atoms with E-state index in [2.05, 4.69) is 0 Å². The van der Waals surface area contributed by atoms with Crippen molar-refractivity contribution in [2.75, 3.05) is 7.11 Å². The van der Waals surface area contributed by atoms with Crippen LogP contribution in [0.1, 0.15) is 5.56 Å². The molecule has 92 valence electrons. The summed E-state index contributed by atoms with van der Waals surface area (Å²) in [4.78, 5) is 0.374. The van der Waals surface area contributed by atoms with Crippen LogP contribution < -0.4 is 15.2 Å². The van der Waals surface area contributed by atoms with Gasteiger partial charge in [-0.05, 0) is 36.4 Å². The Bertz CT molecular complexity index is 552. The summed E-state index contributed by atoms with van der Waals surface area (Å²) < 4.78 is 10.9. The molecule has 0 unspecified atom stereocenters. The number of rotatable bonds is 4. The highest BCUT2D eigenvalue weighted by atomic mass is 32.1. The Kier molecular flexibility index (Phi) is 3.79. The zero-order chi connectivity index (χ0) is 13.0. The summed E-state index contributed by atoms with van der Waals surface area (Å²) in [5, 5.41) is 0. The van der Waals surface area contributed by atoms with E-state index in [1.54, 1.807) is 7.11 Å². The van der Waals surface area contributed by atoms with Crippen molar-refractivity contribution in [3.63, 3.8) is 0 Å². The van der Waals surface area contributed by atoms with Gasteiger partial charge in [-0.2, -0.15) is 0 Å². The van der Waals surface area contributed by atoms with Crippen molar-refractivity contribution in [1.29, 1.82) is 0 Å². The van der Waals surface area contributed by atoms with Crippen LogP contribution in [0.15, 0.2) is 48.5 Å². The molecule has 0 aliphatic carbocycles. The van der Waals surface area contributed by atoms with Crippen LogP contribution in [0.2, 0.25) is 0 Å². The molecule has 2 aromatic rings. The quantitative estimate of drug-likeness (QED) is 0.857. The molecule has 0 spiro atoms. The number of hydrogen-bond acceptors (Lipinski definition) is 3. The normalized spacial score (nSPS) is 9.83. The summed E-state index contributed by atoms with van der Waals surface area (Å²) in [5.74, 6) is 2.07. The van der Waals surface area contributed by atoms with Crippen molar-refractivity contribution in [2.24, 2.45) is 5.73 Å². The van der Waals surface area contributed by atoms with Crippen LogP contribution in [0, 0.1) is 0 Å². The standard InChI is InChI=1S/C14H13NO2S/c1-16-12-4-2-3-5-13(12)17-11-8-6-10(7-9-11)14(15)18/h2-9H,1H3,(H2,15,18). The fraction of sp³-hybridized carbons (Fsp3) is 0.0714. The second-order valence-electron chi connectivity index (χ2n) is 3.64. The third-order valence-electron chi connectivity index (χ3n) is 2.44.